The van der Waals surface area contributed by atoms with Crippen LogP contribution in [0.2, 0.25) is 0 Å². The second-order valence-corrected chi connectivity index (χ2v) is 8.18. The Kier molecular flexibility index (Phi) is 6.34. The Morgan fingerprint density at radius 3 is 2.45 bits per heavy atom. The topological polar surface area (TPSA) is 71.5 Å². The second-order valence-electron chi connectivity index (χ2n) is 8.18. The van der Waals surface area contributed by atoms with Crippen molar-refractivity contribution in [3.05, 3.63) is 54.1 Å². The monoisotopic (exact) mass is 426 g/mol. The molecule has 2 fully saturated rings. The van der Waals surface area contributed by atoms with Crippen LogP contribution in [0.5, 0.6) is 11.5 Å². The fourth-order valence-electron chi connectivity index (χ4n) is 4.39. The highest BCUT2D eigenvalue weighted by molar-refractivity contribution is 5.90. The molecule has 2 aliphatic rings. The molecule has 2 aliphatic heterocycles. The lowest BCUT2D eigenvalue weighted by atomic mass is 9.84. The highest BCUT2D eigenvalue weighted by Crippen LogP contribution is 2.34. The minimum absolute atomic E-state index is 0.157. The molecular weight excluding hydrogens is 396 g/mol. The third-order valence-electron chi connectivity index (χ3n) is 6.31. The van der Waals surface area contributed by atoms with Crippen LogP contribution in [-0.2, 0) is 10.3 Å². The summed E-state index contributed by atoms with van der Waals surface area (Å²) in [6.07, 6.45) is 1.68. The SMILES string of the molecule is COc1ccc(N2CC(CCN3CCC(O)(c4ccccc4)CC3)OC2=O)cc1OC. The minimum atomic E-state index is -0.748. The first-order chi connectivity index (χ1) is 15.0. The predicted molar refractivity (Wildman–Crippen MR) is 118 cm³/mol. The molecule has 1 N–H and O–H groups in total. The summed E-state index contributed by atoms with van der Waals surface area (Å²) in [6, 6.07) is 15.3. The molecule has 2 aromatic rings. The highest BCUT2D eigenvalue weighted by Gasteiger charge is 2.36. The Morgan fingerprint density at radius 2 is 1.77 bits per heavy atom. The lowest BCUT2D eigenvalue weighted by Crippen LogP contribution is -2.43. The summed E-state index contributed by atoms with van der Waals surface area (Å²) in [5.74, 6) is 1.20. The summed E-state index contributed by atoms with van der Waals surface area (Å²) in [5.41, 5.74) is 0.975. The van der Waals surface area contributed by atoms with E-state index in [-0.39, 0.29) is 12.2 Å². The first kappa shape index (κ1) is 21.5. The Bertz CT molecular complexity index is 896. The molecule has 0 spiro atoms. The van der Waals surface area contributed by atoms with Crippen molar-refractivity contribution >= 4 is 11.8 Å². The van der Waals surface area contributed by atoms with Gasteiger partial charge in [0.25, 0.3) is 0 Å². The summed E-state index contributed by atoms with van der Waals surface area (Å²) in [7, 11) is 3.16. The van der Waals surface area contributed by atoms with Crippen molar-refractivity contribution in [2.75, 3.05) is 45.3 Å². The molecule has 2 aromatic carbocycles. The number of ether oxygens (including phenoxy) is 3. The van der Waals surface area contributed by atoms with E-state index in [1.165, 1.54) is 0 Å². The molecule has 0 saturated carbocycles. The quantitative estimate of drug-likeness (QED) is 0.732. The molecule has 2 heterocycles. The van der Waals surface area contributed by atoms with E-state index in [4.69, 9.17) is 14.2 Å². The van der Waals surface area contributed by atoms with Gasteiger partial charge >= 0.3 is 6.09 Å². The Hall–Kier alpha value is -2.77. The normalized spacial score (nSPS) is 21.1. The van der Waals surface area contributed by atoms with E-state index in [0.29, 0.717) is 30.9 Å². The van der Waals surface area contributed by atoms with Gasteiger partial charge in [0.05, 0.1) is 32.1 Å². The molecule has 1 unspecified atom stereocenters. The molecule has 1 atom stereocenters. The number of cyclic esters (lactones) is 1. The number of methoxy groups -OCH3 is 2. The molecule has 0 radical (unpaired) electrons. The number of nitrogens with zero attached hydrogens (tertiary/aromatic N) is 2. The number of carbonyl (C=O) groups excluding carboxylic acids is 1. The largest absolute Gasteiger partial charge is 0.493 e. The van der Waals surface area contributed by atoms with E-state index in [1.807, 2.05) is 36.4 Å². The lowest BCUT2D eigenvalue weighted by Gasteiger charge is -2.38. The molecule has 0 bridgehead atoms. The third kappa shape index (κ3) is 4.62. The zero-order valence-electron chi connectivity index (χ0n) is 18.1. The summed E-state index contributed by atoms with van der Waals surface area (Å²) in [5, 5.41) is 11.0. The summed E-state index contributed by atoms with van der Waals surface area (Å²) >= 11 is 0. The number of anilines is 1. The van der Waals surface area contributed by atoms with E-state index in [9.17, 15) is 9.90 Å². The second kappa shape index (κ2) is 9.16. The fourth-order valence-corrected chi connectivity index (χ4v) is 4.39. The van der Waals surface area contributed by atoms with E-state index < -0.39 is 5.60 Å². The van der Waals surface area contributed by atoms with Crippen LogP contribution in [0.1, 0.15) is 24.8 Å². The standard InChI is InChI=1S/C24H30N2O5/c1-29-21-9-8-19(16-22(21)30-2)26-17-20(31-23(26)27)10-13-25-14-11-24(28,12-15-25)18-6-4-3-5-7-18/h3-9,16,20,28H,10-15,17H2,1-2H3. The van der Waals surface area contributed by atoms with Gasteiger partial charge < -0.3 is 24.2 Å². The van der Waals surface area contributed by atoms with Crippen LogP contribution in [0, 0.1) is 0 Å². The number of hydrogen-bond acceptors (Lipinski definition) is 6. The molecule has 7 heteroatoms. The molecule has 1 amide bonds. The van der Waals surface area contributed by atoms with Gasteiger partial charge in [-0.05, 0) is 37.0 Å². The maximum absolute atomic E-state index is 12.4. The number of hydrogen-bond donors (Lipinski definition) is 1. The van der Waals surface area contributed by atoms with E-state index in [2.05, 4.69) is 4.90 Å². The zero-order valence-corrected chi connectivity index (χ0v) is 18.1. The van der Waals surface area contributed by atoms with Crippen LogP contribution in [0.25, 0.3) is 0 Å². The number of carbonyl (C=O) groups is 1. The number of aliphatic hydroxyl groups is 1. The van der Waals surface area contributed by atoms with Gasteiger partial charge in [-0.2, -0.15) is 0 Å². The molecule has 31 heavy (non-hydrogen) atoms. The van der Waals surface area contributed by atoms with Crippen LogP contribution >= 0.6 is 0 Å². The number of amides is 1. The van der Waals surface area contributed by atoms with Crippen LogP contribution in [0.4, 0.5) is 10.5 Å². The third-order valence-corrected chi connectivity index (χ3v) is 6.31. The van der Waals surface area contributed by atoms with Crippen molar-refractivity contribution in [3.8, 4) is 11.5 Å². The van der Waals surface area contributed by atoms with Crippen molar-refractivity contribution in [3.63, 3.8) is 0 Å². The number of likely N-dealkylation sites (tertiary alicyclic amines) is 1. The lowest BCUT2D eigenvalue weighted by molar-refractivity contribution is -0.0275. The number of piperidine rings is 1. The van der Waals surface area contributed by atoms with Gasteiger partial charge in [0.2, 0.25) is 0 Å². The maximum Gasteiger partial charge on any atom is 0.414 e. The zero-order chi connectivity index (χ0) is 21.8. The minimum Gasteiger partial charge on any atom is -0.493 e. The average molecular weight is 427 g/mol. The fraction of sp³-hybridized carbons (Fsp3) is 0.458. The van der Waals surface area contributed by atoms with Gasteiger partial charge in [-0.1, -0.05) is 30.3 Å². The molecule has 0 aliphatic carbocycles. The van der Waals surface area contributed by atoms with Gasteiger partial charge in [0.15, 0.2) is 11.5 Å². The number of benzene rings is 2. The predicted octanol–water partition coefficient (Wildman–Crippen LogP) is 3.40. The first-order valence-electron chi connectivity index (χ1n) is 10.7. The van der Waals surface area contributed by atoms with Crippen molar-refractivity contribution in [2.45, 2.75) is 31.0 Å². The smallest absolute Gasteiger partial charge is 0.414 e. The Morgan fingerprint density at radius 1 is 1.06 bits per heavy atom. The van der Waals surface area contributed by atoms with E-state index in [0.717, 1.165) is 37.3 Å². The van der Waals surface area contributed by atoms with Crippen molar-refractivity contribution in [1.29, 1.82) is 0 Å². The van der Waals surface area contributed by atoms with Gasteiger partial charge in [-0.3, -0.25) is 4.90 Å². The van der Waals surface area contributed by atoms with Gasteiger partial charge in [0, 0.05) is 25.7 Å². The van der Waals surface area contributed by atoms with Crippen molar-refractivity contribution in [2.24, 2.45) is 0 Å². The van der Waals surface area contributed by atoms with Crippen LogP contribution in [-0.4, -0.2) is 62.6 Å². The molecule has 2 saturated heterocycles. The molecule has 4 rings (SSSR count). The van der Waals surface area contributed by atoms with Gasteiger partial charge in [0.1, 0.15) is 6.10 Å². The molecular formula is C24H30N2O5. The Balaban J connectivity index is 1.29. The summed E-state index contributed by atoms with van der Waals surface area (Å²) in [4.78, 5) is 16.4. The molecule has 7 nitrogen and oxygen atoms in total. The van der Waals surface area contributed by atoms with Crippen LogP contribution in [0.15, 0.2) is 48.5 Å². The maximum atomic E-state index is 12.4. The summed E-state index contributed by atoms with van der Waals surface area (Å²) in [6.45, 7) is 3.00. The Labute approximate surface area is 183 Å². The van der Waals surface area contributed by atoms with Crippen molar-refractivity contribution < 1.29 is 24.1 Å². The first-order valence-corrected chi connectivity index (χ1v) is 10.7. The molecule has 0 aromatic heterocycles. The van der Waals surface area contributed by atoms with Gasteiger partial charge in [-0.25, -0.2) is 4.79 Å². The highest BCUT2D eigenvalue weighted by atomic mass is 16.6. The van der Waals surface area contributed by atoms with Crippen molar-refractivity contribution in [1.82, 2.24) is 4.90 Å². The van der Waals surface area contributed by atoms with Crippen LogP contribution < -0.4 is 14.4 Å². The van der Waals surface area contributed by atoms with E-state index >= 15 is 0 Å². The molecule has 166 valence electrons. The van der Waals surface area contributed by atoms with Crippen LogP contribution in [0.3, 0.4) is 0 Å². The van der Waals surface area contributed by atoms with E-state index in [1.54, 1.807) is 31.3 Å². The summed E-state index contributed by atoms with van der Waals surface area (Å²) < 4.78 is 16.2. The number of rotatable bonds is 7. The average Bonchev–Trinajstić information content (AvgIpc) is 3.19. The van der Waals surface area contributed by atoms with Gasteiger partial charge in [-0.15, -0.1) is 0 Å².